The molecule has 1 amide bonds. The standard InChI is InChI=1S/C20H21N5OS/c1-3-14-10-21-13(2)23-18(14)15-5-4-6-16(9-15)19(26)22-11-17-12-25-7-8-27-20(25)24-17/h4-6,9-10,12H,3,7-8,11H2,1-2H3,(H,22,26). The molecule has 0 saturated heterocycles. The molecule has 0 radical (unpaired) electrons. The van der Waals surface area contributed by atoms with Crippen LogP contribution in [-0.2, 0) is 19.5 Å². The molecule has 1 aliphatic heterocycles. The van der Waals surface area contributed by atoms with Crippen molar-refractivity contribution < 1.29 is 4.79 Å². The van der Waals surface area contributed by atoms with Gasteiger partial charge in [0.15, 0.2) is 5.16 Å². The Kier molecular flexibility index (Phi) is 4.94. The summed E-state index contributed by atoms with van der Waals surface area (Å²) in [6.45, 7) is 5.37. The molecule has 0 fully saturated rings. The zero-order valence-corrected chi connectivity index (χ0v) is 16.2. The first-order valence-corrected chi connectivity index (χ1v) is 10.0. The van der Waals surface area contributed by atoms with Crippen LogP contribution in [0, 0.1) is 6.92 Å². The molecule has 1 aliphatic rings. The van der Waals surface area contributed by atoms with Gasteiger partial charge >= 0.3 is 0 Å². The summed E-state index contributed by atoms with van der Waals surface area (Å²) in [5, 5.41) is 4.00. The van der Waals surface area contributed by atoms with E-state index in [9.17, 15) is 4.79 Å². The lowest BCUT2D eigenvalue weighted by Crippen LogP contribution is -2.23. The van der Waals surface area contributed by atoms with E-state index in [4.69, 9.17) is 0 Å². The van der Waals surface area contributed by atoms with Crippen LogP contribution < -0.4 is 5.32 Å². The van der Waals surface area contributed by atoms with E-state index in [1.807, 2.05) is 43.6 Å². The summed E-state index contributed by atoms with van der Waals surface area (Å²) in [5.74, 6) is 1.69. The largest absolute Gasteiger partial charge is 0.346 e. The van der Waals surface area contributed by atoms with Crippen LogP contribution in [0.1, 0.15) is 34.4 Å². The Morgan fingerprint density at radius 1 is 1.33 bits per heavy atom. The van der Waals surface area contributed by atoms with Crippen LogP contribution in [0.2, 0.25) is 0 Å². The Morgan fingerprint density at radius 3 is 3.04 bits per heavy atom. The Labute approximate surface area is 162 Å². The lowest BCUT2D eigenvalue weighted by molar-refractivity contribution is 0.0950. The number of aromatic nitrogens is 4. The number of imidazole rings is 1. The quantitative estimate of drug-likeness (QED) is 0.737. The van der Waals surface area contributed by atoms with Crippen molar-refractivity contribution in [1.82, 2.24) is 24.8 Å². The van der Waals surface area contributed by atoms with E-state index >= 15 is 0 Å². The van der Waals surface area contributed by atoms with Crippen LogP contribution in [0.3, 0.4) is 0 Å². The van der Waals surface area contributed by atoms with Crippen LogP contribution in [0.25, 0.3) is 11.3 Å². The molecule has 1 aromatic carbocycles. The zero-order valence-electron chi connectivity index (χ0n) is 15.4. The summed E-state index contributed by atoms with van der Waals surface area (Å²) >= 11 is 1.75. The van der Waals surface area contributed by atoms with Gasteiger partial charge in [-0.25, -0.2) is 15.0 Å². The molecule has 3 aromatic rings. The molecule has 1 N–H and O–H groups in total. The van der Waals surface area contributed by atoms with Crippen molar-refractivity contribution in [2.24, 2.45) is 0 Å². The summed E-state index contributed by atoms with van der Waals surface area (Å²) in [7, 11) is 0. The maximum Gasteiger partial charge on any atom is 0.251 e. The lowest BCUT2D eigenvalue weighted by atomic mass is 10.0. The van der Waals surface area contributed by atoms with Crippen LogP contribution in [-0.4, -0.2) is 31.2 Å². The molecule has 0 atom stereocenters. The van der Waals surface area contributed by atoms with Gasteiger partial charge in [-0.2, -0.15) is 0 Å². The minimum absolute atomic E-state index is 0.110. The maximum absolute atomic E-state index is 12.6. The second kappa shape index (κ2) is 7.52. The van der Waals surface area contributed by atoms with Gasteiger partial charge in [0.1, 0.15) is 5.82 Å². The van der Waals surface area contributed by atoms with E-state index in [0.29, 0.717) is 12.1 Å². The van der Waals surface area contributed by atoms with E-state index < -0.39 is 0 Å². The number of nitrogens with one attached hydrogen (secondary N) is 1. The fourth-order valence-corrected chi connectivity index (χ4v) is 4.09. The monoisotopic (exact) mass is 379 g/mol. The number of carbonyl (C=O) groups is 1. The fourth-order valence-electron chi connectivity index (χ4n) is 3.13. The summed E-state index contributed by atoms with van der Waals surface area (Å²) in [6.07, 6.45) is 4.72. The molecule has 3 heterocycles. The minimum Gasteiger partial charge on any atom is -0.346 e. The van der Waals surface area contributed by atoms with Crippen molar-refractivity contribution in [2.45, 2.75) is 38.5 Å². The number of hydrogen-bond donors (Lipinski definition) is 1. The number of fused-ring (bicyclic) bond motifs is 1. The number of amides is 1. The number of rotatable bonds is 5. The molecule has 27 heavy (non-hydrogen) atoms. The van der Waals surface area contributed by atoms with Crippen LogP contribution in [0.5, 0.6) is 0 Å². The van der Waals surface area contributed by atoms with Gasteiger partial charge < -0.3 is 9.88 Å². The molecule has 6 nitrogen and oxygen atoms in total. The molecule has 0 bridgehead atoms. The van der Waals surface area contributed by atoms with E-state index in [1.54, 1.807) is 11.8 Å². The predicted octanol–water partition coefficient (Wildman–Crippen LogP) is 3.25. The first-order chi connectivity index (χ1) is 13.1. The molecular formula is C20H21N5OS. The molecule has 4 rings (SSSR count). The Morgan fingerprint density at radius 2 is 2.22 bits per heavy atom. The fraction of sp³-hybridized carbons (Fsp3) is 0.300. The van der Waals surface area contributed by atoms with E-state index in [0.717, 1.165) is 52.2 Å². The van der Waals surface area contributed by atoms with Crippen molar-refractivity contribution in [3.63, 3.8) is 0 Å². The SMILES string of the molecule is CCc1cnc(C)nc1-c1cccc(C(=O)NCc2cn3c(n2)SCC3)c1. The van der Waals surface area contributed by atoms with E-state index in [-0.39, 0.29) is 5.91 Å². The van der Waals surface area contributed by atoms with Gasteiger partial charge in [0.2, 0.25) is 0 Å². The first-order valence-electron chi connectivity index (χ1n) is 9.04. The van der Waals surface area contributed by atoms with Gasteiger partial charge in [-0.15, -0.1) is 0 Å². The van der Waals surface area contributed by atoms with Gasteiger partial charge in [0.05, 0.1) is 17.9 Å². The maximum atomic E-state index is 12.6. The second-order valence-electron chi connectivity index (χ2n) is 6.46. The third kappa shape index (κ3) is 3.73. The van der Waals surface area contributed by atoms with Crippen molar-refractivity contribution in [1.29, 1.82) is 0 Å². The van der Waals surface area contributed by atoms with Gasteiger partial charge in [0.25, 0.3) is 5.91 Å². The second-order valence-corrected chi connectivity index (χ2v) is 7.53. The number of carbonyl (C=O) groups excluding carboxylic acids is 1. The van der Waals surface area contributed by atoms with Gasteiger partial charge in [0, 0.05) is 35.8 Å². The summed E-state index contributed by atoms with van der Waals surface area (Å²) in [4.78, 5) is 26.0. The average Bonchev–Trinajstić information content (AvgIpc) is 3.28. The Hall–Kier alpha value is -2.67. The molecule has 0 aliphatic carbocycles. The highest BCUT2D eigenvalue weighted by Gasteiger charge is 2.15. The number of hydrogen-bond acceptors (Lipinski definition) is 5. The van der Waals surface area contributed by atoms with Crippen molar-refractivity contribution >= 4 is 17.7 Å². The summed E-state index contributed by atoms with van der Waals surface area (Å²) in [5.41, 5.74) is 4.40. The number of benzene rings is 1. The highest BCUT2D eigenvalue weighted by molar-refractivity contribution is 7.99. The van der Waals surface area contributed by atoms with Gasteiger partial charge in [-0.1, -0.05) is 30.8 Å². The Bertz CT molecular complexity index is 976. The molecular weight excluding hydrogens is 358 g/mol. The van der Waals surface area contributed by atoms with Crippen LogP contribution in [0.4, 0.5) is 0 Å². The molecule has 2 aromatic heterocycles. The summed E-state index contributed by atoms with van der Waals surface area (Å²) in [6, 6.07) is 7.58. The third-order valence-corrected chi connectivity index (χ3v) is 5.52. The molecule has 7 heteroatoms. The number of aryl methyl sites for hydroxylation is 3. The summed E-state index contributed by atoms with van der Waals surface area (Å²) < 4.78 is 2.14. The van der Waals surface area contributed by atoms with Gasteiger partial charge in [-0.3, -0.25) is 4.79 Å². The van der Waals surface area contributed by atoms with Crippen molar-refractivity contribution in [3.8, 4) is 11.3 Å². The van der Waals surface area contributed by atoms with E-state index in [1.165, 1.54) is 0 Å². The minimum atomic E-state index is -0.110. The number of nitrogens with zero attached hydrogens (tertiary/aromatic N) is 4. The molecule has 0 saturated carbocycles. The molecule has 138 valence electrons. The van der Waals surface area contributed by atoms with Crippen LogP contribution >= 0.6 is 11.8 Å². The first kappa shape index (κ1) is 17.7. The van der Waals surface area contributed by atoms with E-state index in [2.05, 4.69) is 31.8 Å². The highest BCUT2D eigenvalue weighted by atomic mass is 32.2. The lowest BCUT2D eigenvalue weighted by Gasteiger charge is -2.09. The normalized spacial score (nSPS) is 12.8. The van der Waals surface area contributed by atoms with Crippen molar-refractivity contribution in [2.75, 3.05) is 5.75 Å². The smallest absolute Gasteiger partial charge is 0.251 e. The van der Waals surface area contributed by atoms with Gasteiger partial charge in [-0.05, 0) is 31.0 Å². The predicted molar refractivity (Wildman–Crippen MR) is 106 cm³/mol. The average molecular weight is 379 g/mol. The Balaban J connectivity index is 1.51. The topological polar surface area (TPSA) is 72.7 Å². The van der Waals surface area contributed by atoms with Crippen LogP contribution in [0.15, 0.2) is 41.8 Å². The number of thioether (sulfide) groups is 1. The third-order valence-electron chi connectivity index (χ3n) is 4.55. The highest BCUT2D eigenvalue weighted by Crippen LogP contribution is 2.25. The molecule has 0 unspecified atom stereocenters. The zero-order chi connectivity index (χ0) is 18.8. The van der Waals surface area contributed by atoms with Crippen molar-refractivity contribution in [3.05, 3.63) is 59.3 Å². The molecule has 0 spiro atoms.